The van der Waals surface area contributed by atoms with Gasteiger partial charge in [0.15, 0.2) is 0 Å². The first kappa shape index (κ1) is 25.0. The average molecular weight is 477 g/mol. The summed E-state index contributed by atoms with van der Waals surface area (Å²) < 4.78 is 13.0. The van der Waals surface area contributed by atoms with E-state index >= 15 is 0 Å². The maximum atomic E-state index is 10.7. The number of carboxylic acid groups (broad SMARTS) is 1. The van der Waals surface area contributed by atoms with Crippen LogP contribution in [-0.4, -0.2) is 41.2 Å². The van der Waals surface area contributed by atoms with E-state index in [-0.39, 0.29) is 6.61 Å². The summed E-state index contributed by atoms with van der Waals surface area (Å²) in [5, 5.41) is 14.0. The minimum atomic E-state index is -0.900. The fraction of sp³-hybridized carbons (Fsp3) is 0.448. The Hall–Kier alpha value is -3.12. The van der Waals surface area contributed by atoms with Crippen LogP contribution in [0.4, 0.5) is 0 Å². The van der Waals surface area contributed by atoms with Crippen molar-refractivity contribution in [2.75, 3.05) is 20.3 Å². The second kappa shape index (κ2) is 12.0. The van der Waals surface area contributed by atoms with Gasteiger partial charge in [0.25, 0.3) is 0 Å². The first-order valence-electron chi connectivity index (χ1n) is 12.7. The molecule has 1 heterocycles. The van der Waals surface area contributed by atoms with Crippen LogP contribution in [0.1, 0.15) is 44.7 Å². The van der Waals surface area contributed by atoms with Crippen LogP contribution < -0.4 is 4.74 Å². The molecule has 1 aliphatic carbocycles. The van der Waals surface area contributed by atoms with Crippen LogP contribution >= 0.6 is 0 Å². The minimum Gasteiger partial charge on any atom is -0.497 e. The lowest BCUT2D eigenvalue weighted by Gasteiger charge is -2.28. The molecule has 0 unspecified atom stereocenters. The molecule has 3 aromatic rings. The molecule has 35 heavy (non-hydrogen) atoms. The molecule has 1 saturated carbocycles. The molecule has 0 saturated heterocycles. The van der Waals surface area contributed by atoms with Crippen molar-refractivity contribution < 1.29 is 19.4 Å². The largest absolute Gasteiger partial charge is 0.497 e. The standard InChI is InChI=1S/C29H36N2O4/c1-3-7-26-28(23-8-5-4-6-9-23)29(24-14-16-25(34-2)17-15-24)30-31(26)18-21-10-12-22(13-11-21)19-35-20-27(32)33/h4-6,8-9,14-17,21-22H,3,7,10-13,18-20H2,1-2H3,(H,32,33)/t21-,22+. The normalized spacial score (nSPS) is 17.9. The second-order valence-electron chi connectivity index (χ2n) is 9.49. The van der Waals surface area contributed by atoms with Gasteiger partial charge in [-0.25, -0.2) is 4.79 Å². The van der Waals surface area contributed by atoms with Crippen LogP contribution in [0.15, 0.2) is 54.6 Å². The van der Waals surface area contributed by atoms with Gasteiger partial charge in [0.1, 0.15) is 18.1 Å². The Labute approximate surface area is 207 Å². The van der Waals surface area contributed by atoms with E-state index in [1.54, 1.807) is 7.11 Å². The zero-order valence-electron chi connectivity index (χ0n) is 20.8. The lowest BCUT2D eigenvalue weighted by Crippen LogP contribution is -2.23. The van der Waals surface area contributed by atoms with Crippen molar-refractivity contribution in [2.24, 2.45) is 11.8 Å². The van der Waals surface area contributed by atoms with Crippen molar-refractivity contribution in [3.63, 3.8) is 0 Å². The molecule has 0 aliphatic heterocycles. The highest BCUT2D eigenvalue weighted by molar-refractivity contribution is 5.83. The number of nitrogens with zero attached hydrogens (tertiary/aromatic N) is 2. The molecule has 0 radical (unpaired) electrons. The van der Waals surface area contributed by atoms with Crippen molar-refractivity contribution in [1.29, 1.82) is 0 Å². The number of hydrogen-bond acceptors (Lipinski definition) is 4. The molecule has 1 fully saturated rings. The van der Waals surface area contributed by atoms with E-state index in [0.29, 0.717) is 18.4 Å². The first-order valence-corrected chi connectivity index (χ1v) is 12.7. The molecule has 6 nitrogen and oxygen atoms in total. The zero-order chi connectivity index (χ0) is 24.6. The Balaban J connectivity index is 1.58. The molecule has 1 aromatic heterocycles. The van der Waals surface area contributed by atoms with Gasteiger partial charge in [0, 0.05) is 23.4 Å². The molecule has 6 heteroatoms. The van der Waals surface area contributed by atoms with E-state index < -0.39 is 5.97 Å². The van der Waals surface area contributed by atoms with Crippen LogP contribution in [0.25, 0.3) is 22.4 Å². The third-order valence-electron chi connectivity index (χ3n) is 6.95. The first-order chi connectivity index (χ1) is 17.1. The van der Waals surface area contributed by atoms with Crippen LogP contribution in [0.5, 0.6) is 5.75 Å². The summed E-state index contributed by atoms with van der Waals surface area (Å²) in [6, 6.07) is 18.8. The maximum absolute atomic E-state index is 10.7. The van der Waals surface area contributed by atoms with E-state index in [1.165, 1.54) is 16.8 Å². The minimum absolute atomic E-state index is 0.204. The van der Waals surface area contributed by atoms with Crippen molar-refractivity contribution in [3.8, 4) is 28.1 Å². The average Bonchev–Trinajstić information content (AvgIpc) is 3.23. The molecule has 0 amide bonds. The lowest BCUT2D eigenvalue weighted by atomic mass is 9.82. The summed E-state index contributed by atoms with van der Waals surface area (Å²) >= 11 is 0. The highest BCUT2D eigenvalue weighted by atomic mass is 16.5. The van der Waals surface area contributed by atoms with Gasteiger partial charge in [-0.2, -0.15) is 5.10 Å². The number of carbonyl (C=O) groups is 1. The SMILES string of the molecule is CCCc1c(-c2ccccc2)c(-c2ccc(OC)cc2)nn1C[C@H]1CC[C@@H](COCC(=O)O)CC1. The molecule has 4 rings (SSSR count). The van der Waals surface area contributed by atoms with Crippen LogP contribution in [0, 0.1) is 11.8 Å². The van der Waals surface area contributed by atoms with E-state index in [9.17, 15) is 4.79 Å². The van der Waals surface area contributed by atoms with Gasteiger partial charge in [0.2, 0.25) is 0 Å². The van der Waals surface area contributed by atoms with Gasteiger partial charge in [-0.1, -0.05) is 43.7 Å². The number of carboxylic acids is 1. The Kier molecular flexibility index (Phi) is 8.59. The van der Waals surface area contributed by atoms with Crippen molar-refractivity contribution >= 4 is 5.97 Å². The summed E-state index contributed by atoms with van der Waals surface area (Å²) in [5.74, 6) is 0.955. The van der Waals surface area contributed by atoms with Crippen LogP contribution in [0.2, 0.25) is 0 Å². The van der Waals surface area contributed by atoms with Crippen molar-refractivity contribution in [1.82, 2.24) is 9.78 Å². The molecule has 0 spiro atoms. The summed E-state index contributed by atoms with van der Waals surface area (Å²) in [4.78, 5) is 10.7. The zero-order valence-corrected chi connectivity index (χ0v) is 20.8. The quantitative estimate of drug-likeness (QED) is 0.363. The van der Waals surface area contributed by atoms with E-state index in [0.717, 1.165) is 62.1 Å². The molecule has 0 atom stereocenters. The maximum Gasteiger partial charge on any atom is 0.329 e. The fourth-order valence-corrected chi connectivity index (χ4v) is 5.14. The fourth-order valence-electron chi connectivity index (χ4n) is 5.14. The third kappa shape index (κ3) is 6.31. The molecule has 1 N–H and O–H groups in total. The van der Waals surface area contributed by atoms with Gasteiger partial charge in [-0.05, 0) is 73.8 Å². The monoisotopic (exact) mass is 476 g/mol. The van der Waals surface area contributed by atoms with E-state index in [1.807, 2.05) is 12.1 Å². The molecular weight excluding hydrogens is 440 g/mol. The number of methoxy groups -OCH3 is 1. The molecule has 2 aromatic carbocycles. The topological polar surface area (TPSA) is 73.6 Å². The van der Waals surface area contributed by atoms with Crippen LogP contribution in [0.3, 0.4) is 0 Å². The van der Waals surface area contributed by atoms with Crippen molar-refractivity contribution in [2.45, 2.75) is 52.0 Å². The molecular formula is C29H36N2O4. The van der Waals surface area contributed by atoms with Gasteiger partial charge < -0.3 is 14.6 Å². The summed E-state index contributed by atoms with van der Waals surface area (Å²) in [6.07, 6.45) is 6.42. The number of benzene rings is 2. The molecule has 1 aliphatic rings. The number of hydrogen-bond donors (Lipinski definition) is 1. The Morgan fingerprint density at radius 1 is 1.00 bits per heavy atom. The number of rotatable bonds is 11. The van der Waals surface area contributed by atoms with Gasteiger partial charge >= 0.3 is 5.97 Å². The summed E-state index contributed by atoms with van der Waals surface area (Å²) in [6.45, 7) is 3.47. The molecule has 186 valence electrons. The van der Waals surface area contributed by atoms with Gasteiger partial charge in [0.05, 0.1) is 13.7 Å². The van der Waals surface area contributed by atoms with E-state index in [4.69, 9.17) is 19.7 Å². The predicted octanol–water partition coefficient (Wildman–Crippen LogP) is 6.09. The number of ether oxygens (including phenoxy) is 2. The van der Waals surface area contributed by atoms with E-state index in [2.05, 4.69) is 54.1 Å². The Morgan fingerprint density at radius 2 is 1.69 bits per heavy atom. The lowest BCUT2D eigenvalue weighted by molar-refractivity contribution is -0.142. The third-order valence-corrected chi connectivity index (χ3v) is 6.95. The van der Waals surface area contributed by atoms with Gasteiger partial charge in [-0.3, -0.25) is 4.68 Å². The molecule has 0 bridgehead atoms. The summed E-state index contributed by atoms with van der Waals surface area (Å²) in [5.41, 5.74) is 5.86. The highest BCUT2D eigenvalue weighted by Gasteiger charge is 2.25. The Morgan fingerprint density at radius 3 is 2.31 bits per heavy atom. The Bertz CT molecular complexity index is 1080. The van der Waals surface area contributed by atoms with Crippen LogP contribution in [-0.2, 0) is 22.5 Å². The van der Waals surface area contributed by atoms with Gasteiger partial charge in [-0.15, -0.1) is 0 Å². The smallest absolute Gasteiger partial charge is 0.329 e. The second-order valence-corrected chi connectivity index (χ2v) is 9.49. The predicted molar refractivity (Wildman–Crippen MR) is 138 cm³/mol. The summed E-state index contributed by atoms with van der Waals surface area (Å²) in [7, 11) is 1.69. The van der Waals surface area contributed by atoms with Crippen molar-refractivity contribution in [3.05, 3.63) is 60.3 Å². The number of aliphatic carboxylic acids is 1. The highest BCUT2D eigenvalue weighted by Crippen LogP contribution is 2.37. The number of aromatic nitrogens is 2.